The van der Waals surface area contributed by atoms with Gasteiger partial charge in [0.05, 0.1) is 6.61 Å². The first-order valence-electron chi connectivity index (χ1n) is 25.3. The van der Waals surface area contributed by atoms with Crippen molar-refractivity contribution in [1.82, 2.24) is 19.8 Å². The van der Waals surface area contributed by atoms with Gasteiger partial charge in [-0.15, -0.1) is 0 Å². The van der Waals surface area contributed by atoms with Gasteiger partial charge in [-0.2, -0.15) is 13.1 Å². The van der Waals surface area contributed by atoms with Gasteiger partial charge in [0.15, 0.2) is 0 Å². The molecule has 1 atom stereocenters. The maximum absolute atomic E-state index is 12.9. The quantitative estimate of drug-likeness (QED) is 0.0309. The summed E-state index contributed by atoms with van der Waals surface area (Å²) >= 11 is 0. The second-order valence-corrected chi connectivity index (χ2v) is 19.1. The van der Waals surface area contributed by atoms with Crippen LogP contribution in [0.2, 0.25) is 0 Å². The molecule has 0 heterocycles. The number of hydrogen-bond donors (Lipinski definition) is 3. The van der Waals surface area contributed by atoms with E-state index >= 15 is 0 Å². The van der Waals surface area contributed by atoms with Crippen LogP contribution in [0.25, 0.3) is 0 Å². The van der Waals surface area contributed by atoms with Crippen molar-refractivity contribution in [2.75, 3.05) is 46.9 Å². The average Bonchev–Trinajstić information content (AvgIpc) is 3.20. The summed E-state index contributed by atoms with van der Waals surface area (Å²) in [6.07, 6.45) is 37.8. The normalized spacial score (nSPS) is 12.6. The second kappa shape index (κ2) is 43.0. The van der Waals surface area contributed by atoms with E-state index in [1.165, 1.54) is 96.3 Å². The van der Waals surface area contributed by atoms with Gasteiger partial charge in [-0.1, -0.05) is 162 Å². The van der Waals surface area contributed by atoms with Crippen LogP contribution in [0.5, 0.6) is 0 Å². The van der Waals surface area contributed by atoms with Crippen molar-refractivity contribution in [2.45, 2.75) is 251 Å². The van der Waals surface area contributed by atoms with E-state index < -0.39 is 16.5 Å². The minimum atomic E-state index is -3.82. The van der Waals surface area contributed by atoms with Gasteiger partial charge in [-0.05, 0) is 104 Å². The Kier molecular flexibility index (Phi) is 42.0. The number of rotatable bonds is 47. The molecule has 0 radical (unpaired) electrons. The predicted molar refractivity (Wildman–Crippen MR) is 253 cm³/mol. The lowest BCUT2D eigenvalue weighted by Crippen LogP contribution is -2.55. The number of carbonyl (C=O) groups excluding carboxylic acids is 2. The molecule has 0 aliphatic carbocycles. The fraction of sp³-hybridized carbons (Fsp3) is 0.958. The van der Waals surface area contributed by atoms with Crippen LogP contribution in [0.4, 0.5) is 0 Å². The predicted octanol–water partition coefficient (Wildman–Crippen LogP) is 11.3. The fourth-order valence-electron chi connectivity index (χ4n) is 7.76. The molecule has 0 amide bonds. The highest BCUT2D eigenvalue weighted by molar-refractivity contribution is 7.87. The number of hydrogen-bond acceptors (Lipinski definition) is 9. The van der Waals surface area contributed by atoms with Crippen molar-refractivity contribution in [3.05, 3.63) is 0 Å². The molecule has 0 aromatic carbocycles. The van der Waals surface area contributed by atoms with Crippen molar-refractivity contribution >= 4 is 22.1 Å². The van der Waals surface area contributed by atoms with Gasteiger partial charge in [-0.25, -0.2) is 5.14 Å². The van der Waals surface area contributed by atoms with Crippen LogP contribution < -0.4 is 15.2 Å². The molecule has 11 nitrogen and oxygen atoms in total. The molecule has 0 aliphatic heterocycles. The zero-order chi connectivity index (χ0) is 44.4. The average molecular weight is 874 g/mol. The summed E-state index contributed by atoms with van der Waals surface area (Å²) in [5.74, 6) is -0.0611. The fourth-order valence-corrected chi connectivity index (χ4v) is 8.37. The SMILES string of the molecule is CCCCCCCCCOC(=O)CCCCCCCN(CCCCCCCC(=O)OC(CCCCCCCC)CCCCCCCC)CCCNC(NS(N)(=O)=O)N(C)C. The highest BCUT2D eigenvalue weighted by Crippen LogP contribution is 2.19. The first-order valence-corrected chi connectivity index (χ1v) is 26.8. The number of nitrogens with two attached hydrogens (primary N) is 1. The van der Waals surface area contributed by atoms with Crippen molar-refractivity contribution in [3.63, 3.8) is 0 Å². The number of ether oxygens (including phenoxy) is 2. The van der Waals surface area contributed by atoms with E-state index in [0.717, 1.165) is 129 Å². The number of unbranched alkanes of at least 4 members (excludes halogenated alkanes) is 24. The van der Waals surface area contributed by atoms with Crippen LogP contribution in [0, 0.1) is 0 Å². The highest BCUT2D eigenvalue weighted by atomic mass is 32.2. The molecular formula is C48H99N5O6S. The van der Waals surface area contributed by atoms with Crippen molar-refractivity contribution in [3.8, 4) is 0 Å². The van der Waals surface area contributed by atoms with Gasteiger partial charge in [0.25, 0.3) is 10.2 Å². The Morgan fingerprint density at radius 2 is 0.933 bits per heavy atom. The van der Waals surface area contributed by atoms with E-state index in [1.54, 1.807) is 19.0 Å². The summed E-state index contributed by atoms with van der Waals surface area (Å²) in [7, 11) is -0.217. The first-order chi connectivity index (χ1) is 29.0. The summed E-state index contributed by atoms with van der Waals surface area (Å²) in [4.78, 5) is 29.3. The highest BCUT2D eigenvalue weighted by Gasteiger charge is 2.16. The smallest absolute Gasteiger partial charge is 0.306 e. The first kappa shape index (κ1) is 58.7. The summed E-state index contributed by atoms with van der Waals surface area (Å²) in [5, 5.41) is 8.48. The summed E-state index contributed by atoms with van der Waals surface area (Å²) in [5.41, 5.74) is 0. The van der Waals surface area contributed by atoms with E-state index in [4.69, 9.17) is 14.6 Å². The molecule has 0 aromatic rings. The molecule has 0 saturated heterocycles. The largest absolute Gasteiger partial charge is 0.466 e. The molecule has 60 heavy (non-hydrogen) atoms. The second-order valence-electron chi connectivity index (χ2n) is 17.8. The Labute approximate surface area is 371 Å². The van der Waals surface area contributed by atoms with Crippen LogP contribution in [-0.4, -0.2) is 89.4 Å². The third-order valence-electron chi connectivity index (χ3n) is 11.6. The molecule has 0 saturated carbocycles. The van der Waals surface area contributed by atoms with Gasteiger partial charge >= 0.3 is 11.9 Å². The molecular weight excluding hydrogens is 775 g/mol. The molecule has 0 fully saturated rings. The maximum Gasteiger partial charge on any atom is 0.306 e. The van der Waals surface area contributed by atoms with E-state index in [-0.39, 0.29) is 18.0 Å². The van der Waals surface area contributed by atoms with Crippen molar-refractivity contribution in [1.29, 1.82) is 0 Å². The summed E-state index contributed by atoms with van der Waals surface area (Å²) in [6.45, 7) is 10.9. The Bertz CT molecular complexity index is 1050. The van der Waals surface area contributed by atoms with Crippen LogP contribution in [0.1, 0.15) is 239 Å². The van der Waals surface area contributed by atoms with Gasteiger partial charge in [0.1, 0.15) is 12.4 Å². The molecule has 0 bridgehead atoms. The molecule has 12 heteroatoms. The molecule has 0 aliphatic rings. The zero-order valence-electron chi connectivity index (χ0n) is 40.1. The topological polar surface area (TPSA) is 143 Å². The van der Waals surface area contributed by atoms with Crippen LogP contribution in [-0.2, 0) is 29.3 Å². The number of nitrogens with one attached hydrogen (secondary N) is 2. The standard InChI is InChI=1S/C48H99N5O6S/c1-6-9-12-15-18-27-34-44-58-46(54)38-30-23-19-25-32-41-53(43-35-40-50-48(52(4)5)51-60(49,56)57)42-33-26-20-24-31-39-47(55)59-45(36-28-21-16-13-10-7-2)37-29-22-17-14-11-8-3/h45,48,50-51H,6-44H2,1-5H3,(H2,49,56,57). The van der Waals surface area contributed by atoms with Crippen molar-refractivity contribution < 1.29 is 27.5 Å². The molecule has 358 valence electrons. The van der Waals surface area contributed by atoms with E-state index in [0.29, 0.717) is 26.0 Å². The minimum Gasteiger partial charge on any atom is -0.466 e. The number of esters is 2. The van der Waals surface area contributed by atoms with Crippen LogP contribution in [0.3, 0.4) is 0 Å². The summed E-state index contributed by atoms with van der Waals surface area (Å²) < 4.78 is 37.2. The van der Waals surface area contributed by atoms with E-state index in [9.17, 15) is 18.0 Å². The lowest BCUT2D eigenvalue weighted by Gasteiger charge is -2.26. The Morgan fingerprint density at radius 3 is 1.40 bits per heavy atom. The molecule has 1 unspecified atom stereocenters. The Morgan fingerprint density at radius 1 is 0.533 bits per heavy atom. The molecule has 0 rings (SSSR count). The zero-order valence-corrected chi connectivity index (χ0v) is 40.9. The Balaban J connectivity index is 4.59. The summed E-state index contributed by atoms with van der Waals surface area (Å²) in [6, 6.07) is 0. The van der Waals surface area contributed by atoms with Crippen LogP contribution in [0.15, 0.2) is 0 Å². The maximum atomic E-state index is 12.9. The Hall–Kier alpha value is -1.31. The third kappa shape index (κ3) is 42.0. The van der Waals surface area contributed by atoms with Crippen molar-refractivity contribution in [2.24, 2.45) is 5.14 Å². The minimum absolute atomic E-state index is 0.00810. The monoisotopic (exact) mass is 874 g/mol. The molecule has 0 spiro atoms. The van der Waals surface area contributed by atoms with E-state index in [2.05, 4.69) is 35.7 Å². The van der Waals surface area contributed by atoms with Gasteiger partial charge in [0, 0.05) is 12.8 Å². The lowest BCUT2D eigenvalue weighted by molar-refractivity contribution is -0.150. The van der Waals surface area contributed by atoms with Crippen LogP contribution >= 0.6 is 0 Å². The van der Waals surface area contributed by atoms with Gasteiger partial charge in [-0.3, -0.25) is 19.8 Å². The number of carbonyl (C=O) groups is 2. The third-order valence-corrected chi connectivity index (χ3v) is 12.1. The molecule has 4 N–H and O–H groups in total. The lowest BCUT2D eigenvalue weighted by atomic mass is 10.0. The van der Waals surface area contributed by atoms with Gasteiger partial charge in [0.2, 0.25) is 0 Å². The van der Waals surface area contributed by atoms with Gasteiger partial charge < -0.3 is 14.4 Å². The van der Waals surface area contributed by atoms with E-state index in [1.807, 2.05) is 0 Å². The molecule has 0 aromatic heterocycles. The number of nitrogens with zero attached hydrogens (tertiary/aromatic N) is 2.